The molecule has 8 heteroatoms. The SMILES string of the molecule is O=C(NC1CCC(C(=O)O)C1)c1cccn1CC(F)(F)F. The quantitative estimate of drug-likeness (QED) is 0.894. The first-order chi connectivity index (χ1) is 9.76. The molecule has 0 spiro atoms. The Labute approximate surface area is 118 Å². The summed E-state index contributed by atoms with van der Waals surface area (Å²) in [6.07, 6.45) is -1.93. The van der Waals surface area contributed by atoms with Crippen LogP contribution in [0, 0.1) is 5.92 Å². The molecular weight excluding hydrogens is 289 g/mol. The molecule has 0 radical (unpaired) electrons. The topological polar surface area (TPSA) is 71.3 Å². The van der Waals surface area contributed by atoms with Crippen molar-refractivity contribution in [2.24, 2.45) is 5.92 Å². The minimum Gasteiger partial charge on any atom is -0.481 e. The van der Waals surface area contributed by atoms with Crippen molar-refractivity contribution in [3.05, 3.63) is 24.0 Å². The van der Waals surface area contributed by atoms with Crippen molar-refractivity contribution in [1.82, 2.24) is 9.88 Å². The van der Waals surface area contributed by atoms with Crippen molar-refractivity contribution < 1.29 is 27.9 Å². The number of amides is 1. The van der Waals surface area contributed by atoms with Crippen LogP contribution in [0.2, 0.25) is 0 Å². The van der Waals surface area contributed by atoms with Crippen molar-refractivity contribution in [3.8, 4) is 0 Å². The maximum Gasteiger partial charge on any atom is 0.406 e. The van der Waals surface area contributed by atoms with E-state index in [0.29, 0.717) is 19.3 Å². The Balaban J connectivity index is 1.99. The first kappa shape index (κ1) is 15.4. The minimum atomic E-state index is -4.41. The lowest BCUT2D eigenvalue weighted by molar-refractivity contribution is -0.142. The highest BCUT2D eigenvalue weighted by Crippen LogP contribution is 2.26. The van der Waals surface area contributed by atoms with E-state index in [4.69, 9.17) is 5.11 Å². The van der Waals surface area contributed by atoms with Gasteiger partial charge in [-0.15, -0.1) is 0 Å². The van der Waals surface area contributed by atoms with E-state index >= 15 is 0 Å². The number of alkyl halides is 3. The smallest absolute Gasteiger partial charge is 0.406 e. The summed E-state index contributed by atoms with van der Waals surface area (Å²) < 4.78 is 38.0. The number of nitrogens with one attached hydrogen (secondary N) is 1. The summed E-state index contributed by atoms with van der Waals surface area (Å²) in [6, 6.07) is 2.37. The molecule has 0 saturated heterocycles. The average molecular weight is 304 g/mol. The van der Waals surface area contributed by atoms with Crippen LogP contribution in [0.1, 0.15) is 29.8 Å². The fourth-order valence-corrected chi connectivity index (χ4v) is 2.55. The zero-order valence-electron chi connectivity index (χ0n) is 11.1. The molecule has 2 unspecified atom stereocenters. The van der Waals surface area contributed by atoms with Gasteiger partial charge < -0.3 is 15.0 Å². The molecule has 1 saturated carbocycles. The molecular formula is C13H15F3N2O3. The molecule has 1 aromatic rings. The van der Waals surface area contributed by atoms with Gasteiger partial charge in [-0.3, -0.25) is 9.59 Å². The highest BCUT2D eigenvalue weighted by Gasteiger charge is 2.32. The first-order valence-electron chi connectivity index (χ1n) is 6.52. The lowest BCUT2D eigenvalue weighted by atomic mass is 10.1. The molecule has 1 fully saturated rings. The highest BCUT2D eigenvalue weighted by molar-refractivity contribution is 5.93. The van der Waals surface area contributed by atoms with Crippen LogP contribution in [-0.4, -0.2) is 33.8 Å². The Kier molecular flexibility index (Phi) is 4.24. The predicted octanol–water partition coefficient (Wildman–Crippen LogP) is 2.03. The number of carbonyl (C=O) groups is 2. The van der Waals surface area contributed by atoms with E-state index in [1.807, 2.05) is 0 Å². The van der Waals surface area contributed by atoms with Gasteiger partial charge in [0.2, 0.25) is 0 Å². The van der Waals surface area contributed by atoms with E-state index in [0.717, 1.165) is 4.57 Å². The average Bonchev–Trinajstić information content (AvgIpc) is 2.95. The van der Waals surface area contributed by atoms with E-state index in [2.05, 4.69) is 5.32 Å². The number of aliphatic carboxylic acids is 1. The van der Waals surface area contributed by atoms with E-state index in [-0.39, 0.29) is 11.7 Å². The molecule has 0 bridgehead atoms. The molecule has 0 aromatic carbocycles. The third-order valence-electron chi connectivity index (χ3n) is 3.53. The Hall–Kier alpha value is -1.99. The van der Waals surface area contributed by atoms with Crippen LogP contribution in [-0.2, 0) is 11.3 Å². The zero-order valence-corrected chi connectivity index (χ0v) is 11.1. The number of aromatic nitrogens is 1. The van der Waals surface area contributed by atoms with E-state index in [1.165, 1.54) is 18.3 Å². The second kappa shape index (κ2) is 5.79. The van der Waals surface area contributed by atoms with Crippen LogP contribution in [0.3, 0.4) is 0 Å². The van der Waals surface area contributed by atoms with Crippen LogP contribution in [0.15, 0.2) is 18.3 Å². The lowest BCUT2D eigenvalue weighted by Gasteiger charge is -2.15. The highest BCUT2D eigenvalue weighted by atomic mass is 19.4. The van der Waals surface area contributed by atoms with Gasteiger partial charge in [-0.1, -0.05) is 0 Å². The summed E-state index contributed by atoms with van der Waals surface area (Å²) in [5, 5.41) is 11.5. The molecule has 116 valence electrons. The second-order valence-corrected chi connectivity index (χ2v) is 5.16. The number of carboxylic acids is 1. The Morgan fingerprint density at radius 1 is 1.38 bits per heavy atom. The third-order valence-corrected chi connectivity index (χ3v) is 3.53. The van der Waals surface area contributed by atoms with Gasteiger partial charge in [0.25, 0.3) is 5.91 Å². The zero-order chi connectivity index (χ0) is 15.6. The summed E-state index contributed by atoms with van der Waals surface area (Å²) in [5.41, 5.74) is -0.0777. The van der Waals surface area contributed by atoms with Gasteiger partial charge in [0.15, 0.2) is 0 Å². The molecule has 21 heavy (non-hydrogen) atoms. The normalized spacial score (nSPS) is 22.2. The Bertz CT molecular complexity index is 539. The monoisotopic (exact) mass is 304 g/mol. The maximum absolute atomic E-state index is 12.4. The van der Waals surface area contributed by atoms with Crippen molar-refractivity contribution in [2.45, 2.75) is 38.0 Å². The van der Waals surface area contributed by atoms with Crippen molar-refractivity contribution in [3.63, 3.8) is 0 Å². The van der Waals surface area contributed by atoms with Crippen LogP contribution in [0.5, 0.6) is 0 Å². The van der Waals surface area contributed by atoms with Crippen LogP contribution in [0.4, 0.5) is 13.2 Å². The molecule has 1 amide bonds. The van der Waals surface area contributed by atoms with E-state index in [9.17, 15) is 22.8 Å². The fourth-order valence-electron chi connectivity index (χ4n) is 2.55. The first-order valence-corrected chi connectivity index (χ1v) is 6.52. The fraction of sp³-hybridized carbons (Fsp3) is 0.538. The van der Waals surface area contributed by atoms with Crippen molar-refractivity contribution in [2.75, 3.05) is 0 Å². The second-order valence-electron chi connectivity index (χ2n) is 5.16. The number of nitrogens with zero attached hydrogens (tertiary/aromatic N) is 1. The van der Waals surface area contributed by atoms with E-state index in [1.54, 1.807) is 0 Å². The number of hydrogen-bond donors (Lipinski definition) is 2. The van der Waals surface area contributed by atoms with Gasteiger partial charge in [0, 0.05) is 12.2 Å². The molecule has 5 nitrogen and oxygen atoms in total. The summed E-state index contributed by atoms with van der Waals surface area (Å²) in [4.78, 5) is 22.8. The third kappa shape index (κ3) is 3.99. The van der Waals surface area contributed by atoms with Gasteiger partial charge in [0.1, 0.15) is 12.2 Å². The number of hydrogen-bond acceptors (Lipinski definition) is 2. The van der Waals surface area contributed by atoms with Crippen molar-refractivity contribution >= 4 is 11.9 Å². The molecule has 1 aromatic heterocycles. The van der Waals surface area contributed by atoms with Gasteiger partial charge >= 0.3 is 12.1 Å². The number of rotatable bonds is 4. The minimum absolute atomic E-state index is 0.0777. The van der Waals surface area contributed by atoms with Gasteiger partial charge in [-0.05, 0) is 31.4 Å². The molecule has 2 rings (SSSR count). The molecule has 2 atom stereocenters. The van der Waals surface area contributed by atoms with Crippen LogP contribution < -0.4 is 5.32 Å². The standard InChI is InChI=1S/C13H15F3N2O3/c14-13(15,16)7-18-5-1-2-10(18)11(19)17-9-4-3-8(6-9)12(20)21/h1-2,5,8-9H,3-4,6-7H2,(H,17,19)(H,20,21). The van der Waals surface area contributed by atoms with Crippen molar-refractivity contribution in [1.29, 1.82) is 0 Å². The van der Waals surface area contributed by atoms with Gasteiger partial charge in [0.05, 0.1) is 5.92 Å². The van der Waals surface area contributed by atoms with Gasteiger partial charge in [-0.25, -0.2) is 0 Å². The number of carboxylic acid groups (broad SMARTS) is 1. The lowest BCUT2D eigenvalue weighted by Crippen LogP contribution is -2.35. The molecule has 1 heterocycles. The summed E-state index contributed by atoms with van der Waals surface area (Å²) >= 11 is 0. The summed E-state index contributed by atoms with van der Waals surface area (Å²) in [7, 11) is 0. The van der Waals surface area contributed by atoms with Gasteiger partial charge in [-0.2, -0.15) is 13.2 Å². The maximum atomic E-state index is 12.4. The van der Waals surface area contributed by atoms with Crippen LogP contribution in [0.25, 0.3) is 0 Å². The molecule has 0 aliphatic heterocycles. The van der Waals surface area contributed by atoms with Crippen LogP contribution >= 0.6 is 0 Å². The van der Waals surface area contributed by atoms with E-state index < -0.39 is 30.5 Å². The number of carbonyl (C=O) groups excluding carboxylic acids is 1. The molecule has 1 aliphatic carbocycles. The Morgan fingerprint density at radius 3 is 2.67 bits per heavy atom. The molecule has 1 aliphatic rings. The number of halogens is 3. The summed E-state index contributed by atoms with van der Waals surface area (Å²) in [6.45, 7) is -1.23. The molecule has 2 N–H and O–H groups in total. The summed E-state index contributed by atoms with van der Waals surface area (Å²) in [5.74, 6) is -2.02. The predicted molar refractivity (Wildman–Crippen MR) is 66.7 cm³/mol. The Morgan fingerprint density at radius 2 is 2.10 bits per heavy atom. The largest absolute Gasteiger partial charge is 0.481 e.